The predicted octanol–water partition coefficient (Wildman–Crippen LogP) is 3.18. The van der Waals surface area contributed by atoms with Crippen molar-refractivity contribution in [2.75, 3.05) is 5.32 Å². The van der Waals surface area contributed by atoms with Crippen molar-refractivity contribution in [1.29, 1.82) is 0 Å². The van der Waals surface area contributed by atoms with Crippen molar-refractivity contribution in [3.63, 3.8) is 0 Å². The van der Waals surface area contributed by atoms with Crippen LogP contribution in [0.1, 0.15) is 49.9 Å². The molecule has 0 aliphatic rings. The lowest BCUT2D eigenvalue weighted by atomic mass is 10.1. The Morgan fingerprint density at radius 1 is 1.29 bits per heavy atom. The number of nitrogens with one attached hydrogen (secondary N) is 2. The Morgan fingerprint density at radius 3 is 2.62 bits per heavy atom. The molecule has 0 aliphatic heterocycles. The van der Waals surface area contributed by atoms with Crippen molar-refractivity contribution < 1.29 is 19.8 Å². The summed E-state index contributed by atoms with van der Waals surface area (Å²) in [6, 6.07) is 3.74. The zero-order valence-corrected chi connectivity index (χ0v) is 12.3. The molecule has 0 fully saturated rings. The smallest absolute Gasteiger partial charge is 0.339 e. The fourth-order valence-electron chi connectivity index (χ4n) is 1.97. The molecule has 0 saturated heterocycles. The van der Waals surface area contributed by atoms with Crippen LogP contribution in [0.2, 0.25) is 0 Å². The van der Waals surface area contributed by atoms with Crippen molar-refractivity contribution in [3.8, 4) is 5.75 Å². The number of rotatable bonds is 7. The van der Waals surface area contributed by atoms with Gasteiger partial charge in [-0.15, -0.1) is 0 Å². The highest BCUT2D eigenvalue weighted by atomic mass is 16.4. The van der Waals surface area contributed by atoms with Gasteiger partial charge < -0.3 is 20.8 Å². The van der Waals surface area contributed by atoms with Crippen molar-refractivity contribution in [2.45, 2.75) is 45.6 Å². The van der Waals surface area contributed by atoms with E-state index >= 15 is 0 Å². The molecule has 1 aromatic rings. The van der Waals surface area contributed by atoms with Crippen LogP contribution in [0, 0.1) is 0 Å². The van der Waals surface area contributed by atoms with Gasteiger partial charge in [0.2, 0.25) is 0 Å². The molecule has 4 N–H and O–H groups in total. The SMILES string of the molecule is CCCCCC(C)NC(=O)Nc1cccc(C(=O)O)c1O. The van der Waals surface area contributed by atoms with E-state index in [-0.39, 0.29) is 17.3 Å². The molecular formula is C15H22N2O4. The van der Waals surface area contributed by atoms with Crippen molar-refractivity contribution >= 4 is 17.7 Å². The van der Waals surface area contributed by atoms with Crippen LogP contribution in [-0.4, -0.2) is 28.3 Å². The zero-order chi connectivity index (χ0) is 15.8. The van der Waals surface area contributed by atoms with Gasteiger partial charge in [-0.2, -0.15) is 0 Å². The summed E-state index contributed by atoms with van der Waals surface area (Å²) >= 11 is 0. The summed E-state index contributed by atoms with van der Waals surface area (Å²) < 4.78 is 0. The van der Waals surface area contributed by atoms with E-state index in [0.29, 0.717) is 0 Å². The molecule has 0 saturated carbocycles. The van der Waals surface area contributed by atoms with Crippen LogP contribution in [0.5, 0.6) is 5.75 Å². The largest absolute Gasteiger partial charge is 0.505 e. The summed E-state index contributed by atoms with van der Waals surface area (Å²) in [5.74, 6) is -1.69. The van der Waals surface area contributed by atoms with E-state index in [1.807, 2.05) is 6.92 Å². The number of phenols is 1. The van der Waals surface area contributed by atoms with E-state index in [9.17, 15) is 14.7 Å². The van der Waals surface area contributed by atoms with E-state index in [4.69, 9.17) is 5.11 Å². The monoisotopic (exact) mass is 294 g/mol. The number of hydrogen-bond donors (Lipinski definition) is 4. The molecule has 0 spiro atoms. The van der Waals surface area contributed by atoms with Crippen LogP contribution in [0.15, 0.2) is 18.2 Å². The fraction of sp³-hybridized carbons (Fsp3) is 0.467. The second-order valence-corrected chi connectivity index (χ2v) is 5.00. The summed E-state index contributed by atoms with van der Waals surface area (Å²) in [6.45, 7) is 4.02. The van der Waals surface area contributed by atoms with E-state index in [2.05, 4.69) is 17.6 Å². The Labute approximate surface area is 124 Å². The van der Waals surface area contributed by atoms with E-state index < -0.39 is 17.7 Å². The Hall–Kier alpha value is -2.24. The molecular weight excluding hydrogens is 272 g/mol. The van der Waals surface area contributed by atoms with Crippen molar-refractivity contribution in [2.24, 2.45) is 0 Å². The van der Waals surface area contributed by atoms with Crippen LogP contribution >= 0.6 is 0 Å². The van der Waals surface area contributed by atoms with Gasteiger partial charge in [-0.05, 0) is 25.5 Å². The lowest BCUT2D eigenvalue weighted by Crippen LogP contribution is -2.36. The molecule has 21 heavy (non-hydrogen) atoms. The van der Waals surface area contributed by atoms with Gasteiger partial charge in [0.25, 0.3) is 0 Å². The second kappa shape index (κ2) is 8.14. The number of urea groups is 1. The molecule has 0 aliphatic carbocycles. The minimum absolute atomic E-state index is 0.0151. The van der Waals surface area contributed by atoms with Gasteiger partial charge in [0.05, 0.1) is 5.69 Å². The maximum atomic E-state index is 11.8. The van der Waals surface area contributed by atoms with Crippen molar-refractivity contribution in [1.82, 2.24) is 5.32 Å². The molecule has 1 unspecified atom stereocenters. The van der Waals surface area contributed by atoms with Crippen LogP contribution in [0.4, 0.5) is 10.5 Å². The Morgan fingerprint density at radius 2 is 2.00 bits per heavy atom. The minimum Gasteiger partial charge on any atom is -0.505 e. The average Bonchev–Trinajstić information content (AvgIpc) is 2.41. The van der Waals surface area contributed by atoms with Gasteiger partial charge in [0.15, 0.2) is 5.75 Å². The van der Waals surface area contributed by atoms with Crippen LogP contribution in [-0.2, 0) is 0 Å². The van der Waals surface area contributed by atoms with Crippen LogP contribution in [0.3, 0.4) is 0 Å². The summed E-state index contributed by atoms with van der Waals surface area (Å²) in [7, 11) is 0. The first-order valence-corrected chi connectivity index (χ1v) is 7.08. The second-order valence-electron chi connectivity index (χ2n) is 5.00. The first kappa shape index (κ1) is 16.8. The number of carbonyl (C=O) groups is 2. The van der Waals surface area contributed by atoms with Gasteiger partial charge in [-0.25, -0.2) is 9.59 Å². The zero-order valence-electron chi connectivity index (χ0n) is 12.3. The number of benzene rings is 1. The van der Waals surface area contributed by atoms with Gasteiger partial charge >= 0.3 is 12.0 Å². The number of carbonyl (C=O) groups excluding carboxylic acids is 1. The predicted molar refractivity (Wildman–Crippen MR) is 80.8 cm³/mol. The fourth-order valence-corrected chi connectivity index (χ4v) is 1.97. The highest BCUT2D eigenvalue weighted by molar-refractivity contribution is 5.97. The number of aromatic hydroxyl groups is 1. The molecule has 0 radical (unpaired) electrons. The molecule has 0 heterocycles. The van der Waals surface area contributed by atoms with E-state index in [1.54, 1.807) is 0 Å². The first-order valence-electron chi connectivity index (χ1n) is 7.08. The number of hydrogen-bond acceptors (Lipinski definition) is 3. The molecule has 2 amide bonds. The molecule has 0 bridgehead atoms. The maximum absolute atomic E-state index is 11.8. The van der Waals surface area contributed by atoms with Gasteiger partial charge in [0.1, 0.15) is 5.56 Å². The number of para-hydroxylation sites is 1. The summed E-state index contributed by atoms with van der Waals surface area (Å²) in [6.07, 6.45) is 4.16. The Bertz CT molecular complexity index is 502. The van der Waals surface area contributed by atoms with Crippen molar-refractivity contribution in [3.05, 3.63) is 23.8 Å². The van der Waals surface area contributed by atoms with Gasteiger partial charge in [0, 0.05) is 6.04 Å². The molecule has 0 aromatic heterocycles. The normalized spacial score (nSPS) is 11.7. The molecule has 116 valence electrons. The van der Waals surface area contributed by atoms with E-state index in [0.717, 1.165) is 25.7 Å². The number of amides is 2. The average molecular weight is 294 g/mol. The topological polar surface area (TPSA) is 98.7 Å². The number of aromatic carboxylic acids is 1. The number of carboxylic acid groups (broad SMARTS) is 1. The Kier molecular flexibility index (Phi) is 6.52. The quantitative estimate of drug-likeness (QED) is 0.458. The lowest BCUT2D eigenvalue weighted by molar-refractivity contribution is 0.0693. The standard InChI is InChI=1S/C15H22N2O4/c1-3-4-5-7-10(2)16-15(21)17-12-9-6-8-11(13(12)18)14(19)20/h6,8-10,18H,3-5,7H2,1-2H3,(H,19,20)(H2,16,17,21). The molecule has 6 heteroatoms. The highest BCUT2D eigenvalue weighted by Gasteiger charge is 2.15. The molecule has 1 atom stereocenters. The van der Waals surface area contributed by atoms with Gasteiger partial charge in [-0.1, -0.05) is 32.3 Å². The van der Waals surface area contributed by atoms with Crippen LogP contribution in [0.25, 0.3) is 0 Å². The summed E-state index contributed by atoms with van der Waals surface area (Å²) in [5.41, 5.74) is -0.169. The third-order valence-electron chi connectivity index (χ3n) is 3.13. The maximum Gasteiger partial charge on any atom is 0.339 e. The number of carboxylic acids is 1. The highest BCUT2D eigenvalue weighted by Crippen LogP contribution is 2.27. The first-order chi connectivity index (χ1) is 9.95. The third kappa shape index (κ3) is 5.33. The van der Waals surface area contributed by atoms with Crippen LogP contribution < -0.4 is 10.6 Å². The molecule has 1 aromatic carbocycles. The third-order valence-corrected chi connectivity index (χ3v) is 3.13. The van der Waals surface area contributed by atoms with E-state index in [1.165, 1.54) is 18.2 Å². The Balaban J connectivity index is 2.59. The minimum atomic E-state index is -1.25. The number of unbranched alkanes of at least 4 members (excludes halogenated alkanes) is 2. The molecule has 6 nitrogen and oxygen atoms in total. The molecule has 1 rings (SSSR count). The summed E-state index contributed by atoms with van der Waals surface area (Å²) in [5, 5.41) is 23.9. The lowest BCUT2D eigenvalue weighted by Gasteiger charge is -2.15. The van der Waals surface area contributed by atoms with Gasteiger partial charge in [-0.3, -0.25) is 0 Å². The number of anilines is 1. The summed E-state index contributed by atoms with van der Waals surface area (Å²) in [4.78, 5) is 22.7.